The summed E-state index contributed by atoms with van der Waals surface area (Å²) in [5.74, 6) is 0.379. The van der Waals surface area contributed by atoms with E-state index in [0.717, 1.165) is 17.7 Å². The van der Waals surface area contributed by atoms with E-state index in [1.165, 1.54) is 18.3 Å². The lowest BCUT2D eigenvalue weighted by atomic mass is 10.1. The first-order chi connectivity index (χ1) is 16.0. The molecular weight excluding hydrogens is 440 g/mol. The van der Waals surface area contributed by atoms with Crippen molar-refractivity contribution >= 4 is 34.0 Å². The molecule has 3 aromatic rings. The van der Waals surface area contributed by atoms with E-state index in [1.54, 1.807) is 5.38 Å². The Morgan fingerprint density at radius 2 is 1.85 bits per heavy atom. The van der Waals surface area contributed by atoms with Gasteiger partial charge in [-0.15, -0.1) is 11.3 Å². The lowest BCUT2D eigenvalue weighted by Crippen LogP contribution is -2.32. The molecule has 0 aliphatic carbocycles. The Balaban J connectivity index is 1.33. The molecule has 174 valence electrons. The Morgan fingerprint density at radius 1 is 1.09 bits per heavy atom. The van der Waals surface area contributed by atoms with Crippen LogP contribution in [-0.4, -0.2) is 47.7 Å². The molecular formula is C24H28N4O4S. The fraction of sp³-hybridized carbons (Fsp3) is 0.292. The monoisotopic (exact) mass is 468 g/mol. The van der Waals surface area contributed by atoms with Crippen LogP contribution < -0.4 is 20.7 Å². The fourth-order valence-corrected chi connectivity index (χ4v) is 3.75. The van der Waals surface area contributed by atoms with E-state index in [1.807, 2.05) is 54.6 Å². The van der Waals surface area contributed by atoms with Crippen molar-refractivity contribution in [1.82, 2.24) is 10.3 Å². The molecule has 0 aliphatic rings. The van der Waals surface area contributed by atoms with Gasteiger partial charge in [-0.05, 0) is 42.8 Å². The second kappa shape index (κ2) is 12.7. The number of anilines is 2. The van der Waals surface area contributed by atoms with Crippen molar-refractivity contribution in [2.45, 2.75) is 25.9 Å². The second-order valence-electron chi connectivity index (χ2n) is 7.48. The van der Waals surface area contributed by atoms with Gasteiger partial charge in [0.15, 0.2) is 5.13 Å². The Bertz CT molecular complexity index is 1020. The first-order valence-corrected chi connectivity index (χ1v) is 11.5. The third-order valence-electron chi connectivity index (χ3n) is 4.57. The third kappa shape index (κ3) is 9.01. The standard InChI is InChI=1S/C24H28N4O4S/c1-17(29)26-24-28-20(16-33-24)13-23(31)27-19-9-7-18(8-10-19)11-12-25-14-21(30)15-32-22-5-3-2-4-6-22/h2-10,16,21,25,30H,11-15H2,1H3,(H,27,31)(H,26,28,29)/t21-/m0/s1. The maximum Gasteiger partial charge on any atom is 0.230 e. The minimum atomic E-state index is -0.588. The summed E-state index contributed by atoms with van der Waals surface area (Å²) in [6.07, 6.45) is 0.346. The summed E-state index contributed by atoms with van der Waals surface area (Å²) >= 11 is 1.29. The molecule has 1 heterocycles. The highest BCUT2D eigenvalue weighted by Gasteiger charge is 2.09. The number of aliphatic hydroxyl groups excluding tert-OH is 1. The maximum absolute atomic E-state index is 12.2. The third-order valence-corrected chi connectivity index (χ3v) is 5.38. The number of para-hydroxylation sites is 1. The van der Waals surface area contributed by atoms with E-state index < -0.39 is 6.10 Å². The number of rotatable bonds is 12. The van der Waals surface area contributed by atoms with Gasteiger partial charge in [0.05, 0.1) is 12.1 Å². The highest BCUT2D eigenvalue weighted by Crippen LogP contribution is 2.16. The molecule has 4 N–H and O–H groups in total. The molecule has 0 radical (unpaired) electrons. The van der Waals surface area contributed by atoms with Gasteiger partial charge >= 0.3 is 0 Å². The molecule has 9 heteroatoms. The van der Waals surface area contributed by atoms with Crippen LogP contribution in [0, 0.1) is 0 Å². The average molecular weight is 469 g/mol. The zero-order chi connectivity index (χ0) is 23.5. The van der Waals surface area contributed by atoms with E-state index in [0.29, 0.717) is 29.6 Å². The van der Waals surface area contributed by atoms with Gasteiger partial charge in [-0.25, -0.2) is 4.98 Å². The molecule has 0 unspecified atom stereocenters. The van der Waals surface area contributed by atoms with Gasteiger partial charge < -0.3 is 25.8 Å². The van der Waals surface area contributed by atoms with Crippen molar-refractivity contribution in [2.75, 3.05) is 30.3 Å². The Morgan fingerprint density at radius 3 is 2.58 bits per heavy atom. The van der Waals surface area contributed by atoms with Crippen molar-refractivity contribution in [3.8, 4) is 5.75 Å². The van der Waals surface area contributed by atoms with Crippen LogP contribution in [0.4, 0.5) is 10.8 Å². The van der Waals surface area contributed by atoms with Crippen molar-refractivity contribution in [2.24, 2.45) is 0 Å². The van der Waals surface area contributed by atoms with Gasteiger partial charge in [0.2, 0.25) is 11.8 Å². The molecule has 1 atom stereocenters. The largest absolute Gasteiger partial charge is 0.491 e. The molecule has 1 aromatic heterocycles. The van der Waals surface area contributed by atoms with Crippen molar-refractivity contribution in [1.29, 1.82) is 0 Å². The number of amides is 2. The van der Waals surface area contributed by atoms with Crippen LogP contribution in [0.15, 0.2) is 60.0 Å². The summed E-state index contributed by atoms with van der Waals surface area (Å²) in [6.45, 7) is 2.82. The molecule has 33 heavy (non-hydrogen) atoms. The number of benzene rings is 2. The molecule has 8 nitrogen and oxygen atoms in total. The molecule has 0 spiro atoms. The van der Waals surface area contributed by atoms with Gasteiger partial charge in [-0.2, -0.15) is 0 Å². The van der Waals surface area contributed by atoms with Crippen molar-refractivity contribution < 1.29 is 19.4 Å². The first-order valence-electron chi connectivity index (χ1n) is 10.7. The van der Waals surface area contributed by atoms with E-state index >= 15 is 0 Å². The molecule has 0 bridgehead atoms. The highest BCUT2D eigenvalue weighted by atomic mass is 32.1. The van der Waals surface area contributed by atoms with Crippen molar-refractivity contribution in [3.05, 3.63) is 71.2 Å². The average Bonchev–Trinajstić information content (AvgIpc) is 3.22. The Hall–Kier alpha value is -3.27. The maximum atomic E-state index is 12.2. The topological polar surface area (TPSA) is 113 Å². The minimum absolute atomic E-state index is 0.137. The summed E-state index contributed by atoms with van der Waals surface area (Å²) < 4.78 is 5.54. The summed E-state index contributed by atoms with van der Waals surface area (Å²) in [5, 5.41) is 20.9. The minimum Gasteiger partial charge on any atom is -0.491 e. The zero-order valence-electron chi connectivity index (χ0n) is 18.4. The molecule has 0 fully saturated rings. The number of hydrogen-bond acceptors (Lipinski definition) is 7. The molecule has 2 amide bonds. The SMILES string of the molecule is CC(=O)Nc1nc(CC(=O)Nc2ccc(CCNC[C@H](O)COc3ccccc3)cc2)cs1. The highest BCUT2D eigenvalue weighted by molar-refractivity contribution is 7.13. The normalized spacial score (nSPS) is 11.6. The number of carbonyl (C=O) groups excluding carboxylic acids is 2. The van der Waals surface area contributed by atoms with Crippen LogP contribution in [0.2, 0.25) is 0 Å². The first kappa shape index (κ1) is 24.4. The van der Waals surface area contributed by atoms with E-state index in [2.05, 4.69) is 20.9 Å². The van der Waals surface area contributed by atoms with E-state index in [4.69, 9.17) is 4.74 Å². The van der Waals surface area contributed by atoms with Gasteiger partial charge in [0, 0.05) is 24.5 Å². The molecule has 0 aliphatic heterocycles. The van der Waals surface area contributed by atoms with Crippen molar-refractivity contribution in [3.63, 3.8) is 0 Å². The number of hydrogen-bond donors (Lipinski definition) is 4. The number of carbonyl (C=O) groups is 2. The number of nitrogens with zero attached hydrogens (tertiary/aromatic N) is 1. The molecule has 0 saturated carbocycles. The molecule has 3 rings (SSSR count). The fourth-order valence-electron chi connectivity index (χ4n) is 2.99. The van der Waals surface area contributed by atoms with E-state index in [9.17, 15) is 14.7 Å². The van der Waals surface area contributed by atoms with Gasteiger partial charge in [-0.3, -0.25) is 9.59 Å². The second-order valence-corrected chi connectivity index (χ2v) is 8.34. The van der Waals surface area contributed by atoms with Crippen LogP contribution in [0.1, 0.15) is 18.2 Å². The van der Waals surface area contributed by atoms with Crippen LogP contribution in [-0.2, 0) is 22.4 Å². The number of aromatic nitrogens is 1. The number of thiazole rings is 1. The number of aliphatic hydroxyl groups is 1. The zero-order valence-corrected chi connectivity index (χ0v) is 19.2. The quantitative estimate of drug-likeness (QED) is 0.304. The van der Waals surface area contributed by atoms with Crippen LogP contribution >= 0.6 is 11.3 Å². The van der Waals surface area contributed by atoms with Crippen LogP contribution in [0.3, 0.4) is 0 Å². The summed E-state index contributed by atoms with van der Waals surface area (Å²) in [5.41, 5.74) is 2.44. The summed E-state index contributed by atoms with van der Waals surface area (Å²) in [7, 11) is 0. The molecule has 2 aromatic carbocycles. The van der Waals surface area contributed by atoms with Crippen LogP contribution in [0.25, 0.3) is 0 Å². The number of ether oxygens (including phenoxy) is 1. The van der Waals surface area contributed by atoms with Crippen LogP contribution in [0.5, 0.6) is 5.75 Å². The lowest BCUT2D eigenvalue weighted by Gasteiger charge is -2.13. The Labute approximate surface area is 197 Å². The lowest BCUT2D eigenvalue weighted by molar-refractivity contribution is -0.116. The summed E-state index contributed by atoms with van der Waals surface area (Å²) in [4.78, 5) is 27.5. The van der Waals surface area contributed by atoms with Gasteiger partial charge in [-0.1, -0.05) is 30.3 Å². The summed E-state index contributed by atoms with van der Waals surface area (Å²) in [6, 6.07) is 17.1. The smallest absolute Gasteiger partial charge is 0.230 e. The predicted octanol–water partition coefficient (Wildman–Crippen LogP) is 2.85. The molecule has 0 saturated heterocycles. The number of nitrogens with one attached hydrogen (secondary N) is 3. The Kier molecular flexibility index (Phi) is 9.37. The van der Waals surface area contributed by atoms with E-state index in [-0.39, 0.29) is 24.8 Å². The van der Waals surface area contributed by atoms with Gasteiger partial charge in [0.1, 0.15) is 18.5 Å². The van der Waals surface area contributed by atoms with Gasteiger partial charge in [0.25, 0.3) is 0 Å². The predicted molar refractivity (Wildman–Crippen MR) is 130 cm³/mol.